The van der Waals surface area contributed by atoms with Crippen LogP contribution < -0.4 is 11.1 Å². The number of carbonyl (C=O) groups is 2. The molecule has 1 fully saturated rings. The second-order valence-corrected chi connectivity index (χ2v) is 8.72. The van der Waals surface area contributed by atoms with Gasteiger partial charge in [-0.2, -0.15) is 0 Å². The van der Waals surface area contributed by atoms with Crippen LogP contribution in [0.5, 0.6) is 0 Å². The van der Waals surface area contributed by atoms with E-state index in [4.69, 9.17) is 10.7 Å². The zero-order valence-electron chi connectivity index (χ0n) is 20.0. The van der Waals surface area contributed by atoms with E-state index < -0.39 is 0 Å². The van der Waals surface area contributed by atoms with Gasteiger partial charge >= 0.3 is 0 Å². The van der Waals surface area contributed by atoms with E-state index >= 15 is 0 Å². The Balaban J connectivity index is 1.46. The van der Waals surface area contributed by atoms with Gasteiger partial charge in [-0.3, -0.25) is 14.0 Å². The number of anilines is 2. The molecule has 1 atom stereocenters. The quantitative estimate of drug-likeness (QED) is 0.417. The first-order valence-corrected chi connectivity index (χ1v) is 11.9. The lowest BCUT2D eigenvalue weighted by Crippen LogP contribution is -2.38. The minimum absolute atomic E-state index is 0.0176. The average Bonchev–Trinajstić information content (AvgIpc) is 3.31. The number of nitrogens with zero attached hydrogens (tertiary/aromatic N) is 5. The maximum Gasteiger partial charge on any atom is 0.256 e. The van der Waals surface area contributed by atoms with Gasteiger partial charge in [-0.05, 0) is 50.1 Å². The van der Waals surface area contributed by atoms with Crippen molar-refractivity contribution in [1.29, 1.82) is 0 Å². The number of aromatic nitrogens is 4. The van der Waals surface area contributed by atoms with Gasteiger partial charge < -0.3 is 16.0 Å². The Bertz CT molecular complexity index is 1430. The molecule has 3 aromatic heterocycles. The van der Waals surface area contributed by atoms with Crippen molar-refractivity contribution in [3.8, 4) is 11.3 Å². The summed E-state index contributed by atoms with van der Waals surface area (Å²) in [6.45, 7) is 3.18. The third-order valence-electron chi connectivity index (χ3n) is 6.34. The monoisotopic (exact) mass is 481 g/mol. The summed E-state index contributed by atoms with van der Waals surface area (Å²) in [7, 11) is 0. The van der Waals surface area contributed by atoms with E-state index in [1.54, 1.807) is 48.8 Å². The Kier molecular flexibility index (Phi) is 6.44. The fourth-order valence-corrected chi connectivity index (χ4v) is 4.62. The summed E-state index contributed by atoms with van der Waals surface area (Å²) in [5, 5.41) is 2.79. The summed E-state index contributed by atoms with van der Waals surface area (Å²) in [5.74, 6) is 1.56. The number of hydrogen-bond donors (Lipinski definition) is 2. The number of allylic oxidation sites excluding steroid dienone is 1. The molecule has 9 nitrogen and oxygen atoms in total. The number of amides is 2. The molecule has 2 amide bonds. The lowest BCUT2D eigenvalue weighted by Gasteiger charge is -2.31. The lowest BCUT2D eigenvalue weighted by molar-refractivity contribution is -0.127. The molecule has 1 saturated heterocycles. The van der Waals surface area contributed by atoms with Gasteiger partial charge in [-0.1, -0.05) is 24.3 Å². The molecule has 4 heterocycles. The van der Waals surface area contributed by atoms with E-state index in [-0.39, 0.29) is 17.7 Å². The van der Waals surface area contributed by atoms with Crippen molar-refractivity contribution in [3.63, 3.8) is 0 Å². The molecule has 4 aromatic rings. The number of fused-ring (bicyclic) bond motifs is 1. The molecule has 5 rings (SSSR count). The van der Waals surface area contributed by atoms with Gasteiger partial charge in [0.05, 0.1) is 0 Å². The van der Waals surface area contributed by atoms with Crippen LogP contribution in [0.1, 0.15) is 41.9 Å². The number of nitrogens with two attached hydrogens (primary N) is 1. The maximum absolute atomic E-state index is 12.6. The average molecular weight is 482 g/mol. The highest BCUT2D eigenvalue weighted by Crippen LogP contribution is 2.34. The van der Waals surface area contributed by atoms with Crippen molar-refractivity contribution in [1.82, 2.24) is 24.3 Å². The fourth-order valence-electron chi connectivity index (χ4n) is 4.62. The van der Waals surface area contributed by atoms with Gasteiger partial charge in [0.2, 0.25) is 5.91 Å². The minimum atomic E-state index is -0.245. The highest BCUT2D eigenvalue weighted by Gasteiger charge is 2.28. The molecule has 36 heavy (non-hydrogen) atoms. The summed E-state index contributed by atoms with van der Waals surface area (Å²) >= 11 is 0. The summed E-state index contributed by atoms with van der Waals surface area (Å²) < 4.78 is 1.98. The number of rotatable bonds is 5. The van der Waals surface area contributed by atoms with Crippen molar-refractivity contribution < 1.29 is 9.59 Å². The van der Waals surface area contributed by atoms with Gasteiger partial charge in [0.25, 0.3) is 5.91 Å². The van der Waals surface area contributed by atoms with Gasteiger partial charge in [0.1, 0.15) is 28.7 Å². The molecule has 0 spiro atoms. The number of carbonyl (C=O) groups excluding carboxylic acids is 2. The Morgan fingerprint density at radius 2 is 1.94 bits per heavy atom. The first kappa shape index (κ1) is 23.2. The molecule has 1 aliphatic heterocycles. The SMILES string of the molecule is CC=CC(=O)N1CCC[C@@H](c2nc(-c3ccc(C(=O)Nc4ccccn4)cc3)c3c(N)nccn23)C1. The lowest BCUT2D eigenvalue weighted by atomic mass is 9.97. The molecule has 9 heteroatoms. The normalized spacial score (nSPS) is 15.9. The van der Waals surface area contributed by atoms with Crippen molar-refractivity contribution in [2.75, 3.05) is 24.1 Å². The molecule has 182 valence electrons. The van der Waals surface area contributed by atoms with E-state index in [9.17, 15) is 9.59 Å². The van der Waals surface area contributed by atoms with Crippen molar-refractivity contribution in [3.05, 3.63) is 84.6 Å². The predicted octanol–water partition coefficient (Wildman–Crippen LogP) is 3.91. The molecule has 0 aliphatic carbocycles. The first-order chi connectivity index (χ1) is 17.5. The predicted molar refractivity (Wildman–Crippen MR) is 138 cm³/mol. The Hall–Kier alpha value is -4.53. The third-order valence-corrected chi connectivity index (χ3v) is 6.34. The minimum Gasteiger partial charge on any atom is -0.382 e. The highest BCUT2D eigenvalue weighted by molar-refractivity contribution is 6.04. The molecule has 1 aliphatic rings. The van der Waals surface area contributed by atoms with Gasteiger partial charge in [0.15, 0.2) is 0 Å². The Morgan fingerprint density at radius 1 is 1.11 bits per heavy atom. The second-order valence-electron chi connectivity index (χ2n) is 8.72. The van der Waals surface area contributed by atoms with Crippen LogP contribution in [-0.4, -0.2) is 49.2 Å². The van der Waals surface area contributed by atoms with Gasteiger partial charge in [-0.15, -0.1) is 0 Å². The molecule has 0 bridgehead atoms. The topological polar surface area (TPSA) is 119 Å². The summed E-state index contributed by atoms with van der Waals surface area (Å²) in [4.78, 5) is 40.4. The number of nitrogens with one attached hydrogen (secondary N) is 1. The Morgan fingerprint density at radius 3 is 2.69 bits per heavy atom. The van der Waals surface area contributed by atoms with Crippen molar-refractivity contribution in [2.45, 2.75) is 25.7 Å². The van der Waals surface area contributed by atoms with E-state index in [2.05, 4.69) is 15.3 Å². The van der Waals surface area contributed by atoms with Crippen LogP contribution >= 0.6 is 0 Å². The van der Waals surface area contributed by atoms with E-state index in [1.165, 1.54) is 0 Å². The number of hydrogen-bond acceptors (Lipinski definition) is 6. The Labute approximate surface area is 208 Å². The largest absolute Gasteiger partial charge is 0.382 e. The van der Waals surface area contributed by atoms with Crippen molar-refractivity contribution >= 4 is 29.0 Å². The van der Waals surface area contributed by atoms with Crippen LogP contribution in [0.25, 0.3) is 16.8 Å². The summed E-state index contributed by atoms with van der Waals surface area (Å²) in [5.41, 5.74) is 9.04. The van der Waals surface area contributed by atoms with Gasteiger partial charge in [0, 0.05) is 48.7 Å². The van der Waals surface area contributed by atoms with Crippen LogP contribution in [0.3, 0.4) is 0 Å². The van der Waals surface area contributed by atoms with E-state index in [0.717, 1.165) is 36.3 Å². The molecule has 0 saturated carbocycles. The molecular formula is C27H27N7O2. The second kappa shape index (κ2) is 9.99. The molecular weight excluding hydrogens is 454 g/mol. The summed E-state index contributed by atoms with van der Waals surface area (Å²) in [6, 6.07) is 12.6. The van der Waals surface area contributed by atoms with Crippen LogP contribution in [0, 0.1) is 0 Å². The van der Waals surface area contributed by atoms with Gasteiger partial charge in [-0.25, -0.2) is 15.0 Å². The molecule has 0 unspecified atom stereocenters. The molecule has 1 aromatic carbocycles. The smallest absolute Gasteiger partial charge is 0.256 e. The third kappa shape index (κ3) is 4.55. The van der Waals surface area contributed by atoms with Crippen LogP contribution in [0.2, 0.25) is 0 Å². The fraction of sp³-hybridized carbons (Fsp3) is 0.222. The van der Waals surface area contributed by atoms with Crippen molar-refractivity contribution in [2.24, 2.45) is 0 Å². The number of benzene rings is 1. The number of imidazole rings is 1. The van der Waals surface area contributed by atoms with E-state index in [1.807, 2.05) is 40.6 Å². The van der Waals surface area contributed by atoms with Crippen LogP contribution in [0.4, 0.5) is 11.6 Å². The first-order valence-electron chi connectivity index (χ1n) is 11.9. The molecule has 0 radical (unpaired) electrons. The van der Waals surface area contributed by atoms with Crippen LogP contribution in [0.15, 0.2) is 73.2 Å². The number of likely N-dealkylation sites (tertiary alicyclic amines) is 1. The number of pyridine rings is 1. The standard InChI is InChI=1S/C27H27N7O2/c1-2-6-22(35)33-15-5-7-20(17-33)26-32-23(24-25(28)30-14-16-34(24)26)18-9-11-19(12-10-18)27(36)31-21-8-3-4-13-29-21/h2-4,6,8-14,16,20H,5,7,15,17H2,1H3,(H2,28,30)(H,29,31,36)/t20-/m1/s1. The zero-order valence-corrected chi connectivity index (χ0v) is 20.0. The highest BCUT2D eigenvalue weighted by atomic mass is 16.2. The van der Waals surface area contributed by atoms with Crippen LogP contribution in [-0.2, 0) is 4.79 Å². The zero-order chi connectivity index (χ0) is 25.1. The molecule has 3 N–H and O–H groups in total. The number of nitrogen functional groups attached to an aromatic ring is 1. The van der Waals surface area contributed by atoms with E-state index in [0.29, 0.717) is 29.4 Å². The number of piperidine rings is 1. The maximum atomic E-state index is 12.6. The summed E-state index contributed by atoms with van der Waals surface area (Å²) in [6.07, 6.45) is 10.3.